The molecule has 0 fully saturated rings. The van der Waals surface area contributed by atoms with Crippen LogP contribution >= 0.6 is 11.6 Å². The Bertz CT molecular complexity index is 220. The Morgan fingerprint density at radius 2 is 2.00 bits per heavy atom. The molecule has 1 aromatic rings. The highest BCUT2D eigenvalue weighted by atomic mass is 35.5. The number of rotatable bonds is 1. The zero-order valence-corrected chi connectivity index (χ0v) is 6.43. The lowest BCUT2D eigenvalue weighted by Crippen LogP contribution is -1.88. The van der Waals surface area contributed by atoms with Gasteiger partial charge in [-0.05, 0) is 12.5 Å². The number of benzene rings is 1. The maximum Gasteiger partial charge on any atom is 0.191 e. The summed E-state index contributed by atoms with van der Waals surface area (Å²) in [5, 5.41) is 10.7. The summed E-state index contributed by atoms with van der Waals surface area (Å²) in [7, 11) is 0. The van der Waals surface area contributed by atoms with Crippen molar-refractivity contribution in [2.75, 3.05) is 0 Å². The zero-order chi connectivity index (χ0) is 7.56. The molecule has 0 saturated carbocycles. The van der Waals surface area contributed by atoms with E-state index < -0.39 is 5.56 Å². The summed E-state index contributed by atoms with van der Waals surface area (Å²) in [6, 6.07) is 7.33. The van der Waals surface area contributed by atoms with Crippen LogP contribution in [0.5, 0.6) is 0 Å². The first kappa shape index (κ1) is 7.58. The van der Waals surface area contributed by atoms with Crippen molar-refractivity contribution in [2.24, 2.45) is 0 Å². The van der Waals surface area contributed by atoms with Gasteiger partial charge in [-0.15, -0.1) is 0 Å². The van der Waals surface area contributed by atoms with E-state index in [0.29, 0.717) is 5.56 Å². The minimum atomic E-state index is -1.12. The topological polar surface area (TPSA) is 19.9 Å². The summed E-state index contributed by atoms with van der Waals surface area (Å²) in [5.74, 6) is 0. The first-order valence-corrected chi connectivity index (χ1v) is 3.51. The lowest BCUT2D eigenvalue weighted by molar-refractivity contribution is 0.160. The summed E-state index contributed by atoms with van der Waals surface area (Å²) in [5.41, 5.74) is 0.503. The van der Waals surface area contributed by atoms with Crippen molar-refractivity contribution in [1.29, 1.82) is 0 Å². The third-order valence-electron chi connectivity index (χ3n) is 1.43. The predicted molar refractivity (Wildman–Crippen MR) is 40.5 cm³/mol. The van der Waals surface area contributed by atoms with Gasteiger partial charge in [0.15, 0.2) is 5.56 Å². The van der Waals surface area contributed by atoms with Crippen molar-refractivity contribution in [1.82, 2.24) is 0 Å². The largest absolute Gasteiger partial charge is 0.210 e. The van der Waals surface area contributed by atoms with Gasteiger partial charge in [0.2, 0.25) is 0 Å². The van der Waals surface area contributed by atoms with Gasteiger partial charge in [-0.1, -0.05) is 35.9 Å². The van der Waals surface area contributed by atoms with E-state index >= 15 is 0 Å². The molecule has 0 aliphatic rings. The maximum absolute atomic E-state index is 10.7. The summed E-state index contributed by atoms with van der Waals surface area (Å²) < 4.78 is 0. The van der Waals surface area contributed by atoms with E-state index in [2.05, 4.69) is 0 Å². The number of aryl methyl sites for hydroxylation is 1. The minimum absolute atomic E-state index is 0.671. The van der Waals surface area contributed by atoms with Gasteiger partial charge in [0.05, 0.1) is 0 Å². The van der Waals surface area contributed by atoms with Crippen LogP contribution in [0, 0.1) is 6.92 Å². The van der Waals surface area contributed by atoms with Crippen molar-refractivity contribution in [3.63, 3.8) is 0 Å². The average molecular weight is 156 g/mol. The van der Waals surface area contributed by atoms with Crippen LogP contribution in [0.3, 0.4) is 0 Å². The lowest BCUT2D eigenvalue weighted by atomic mass is 10.1. The molecule has 1 unspecified atom stereocenters. The molecule has 53 valence electrons. The van der Waals surface area contributed by atoms with Gasteiger partial charge in [0.25, 0.3) is 0 Å². The smallest absolute Gasteiger partial charge is 0.191 e. The van der Waals surface area contributed by atoms with Gasteiger partial charge in [-0.3, -0.25) is 0 Å². The van der Waals surface area contributed by atoms with Gasteiger partial charge in [0, 0.05) is 5.56 Å². The molecule has 0 N–H and O–H groups in total. The van der Waals surface area contributed by atoms with Crippen LogP contribution in [0.25, 0.3) is 0 Å². The molecular weight excluding hydrogens is 148 g/mol. The standard InChI is InChI=1S/C8H8ClO/c1-6-4-2-3-5-7(6)8(9)10/h2-5,8H,1H3. The van der Waals surface area contributed by atoms with Crippen LogP contribution in [0.1, 0.15) is 16.7 Å². The van der Waals surface area contributed by atoms with E-state index in [4.69, 9.17) is 11.6 Å². The maximum atomic E-state index is 10.7. The van der Waals surface area contributed by atoms with Gasteiger partial charge in [-0.2, -0.15) is 0 Å². The minimum Gasteiger partial charge on any atom is -0.210 e. The second kappa shape index (κ2) is 3.04. The molecular formula is C8H8ClO. The Hall–Kier alpha value is -0.530. The Morgan fingerprint density at radius 3 is 2.40 bits per heavy atom. The van der Waals surface area contributed by atoms with Crippen molar-refractivity contribution in [3.8, 4) is 0 Å². The van der Waals surface area contributed by atoms with Crippen molar-refractivity contribution >= 4 is 11.6 Å². The second-order valence-electron chi connectivity index (χ2n) is 2.17. The molecule has 0 saturated heterocycles. The molecule has 0 aliphatic heterocycles. The monoisotopic (exact) mass is 155 g/mol. The molecule has 0 spiro atoms. The quantitative estimate of drug-likeness (QED) is 0.556. The fraction of sp³-hybridized carbons (Fsp3) is 0.250. The lowest BCUT2D eigenvalue weighted by Gasteiger charge is -2.02. The molecule has 0 aliphatic carbocycles. The Kier molecular flexibility index (Phi) is 2.30. The fourth-order valence-electron chi connectivity index (χ4n) is 0.841. The van der Waals surface area contributed by atoms with Gasteiger partial charge < -0.3 is 0 Å². The highest BCUT2D eigenvalue weighted by Gasteiger charge is 2.05. The number of halogens is 1. The molecule has 1 nitrogen and oxygen atoms in total. The molecule has 0 heterocycles. The first-order chi connectivity index (χ1) is 4.72. The first-order valence-electron chi connectivity index (χ1n) is 3.07. The molecule has 1 atom stereocenters. The van der Waals surface area contributed by atoms with Crippen molar-refractivity contribution in [2.45, 2.75) is 12.5 Å². The summed E-state index contributed by atoms with van der Waals surface area (Å²) in [6.45, 7) is 1.88. The number of hydrogen-bond donors (Lipinski definition) is 0. The molecule has 10 heavy (non-hydrogen) atoms. The van der Waals surface area contributed by atoms with Gasteiger partial charge >= 0.3 is 0 Å². The van der Waals surface area contributed by atoms with E-state index in [1.54, 1.807) is 6.07 Å². The van der Waals surface area contributed by atoms with Crippen LogP contribution < -0.4 is 0 Å². The number of hydrogen-bond acceptors (Lipinski definition) is 0. The summed E-state index contributed by atoms with van der Waals surface area (Å²) in [4.78, 5) is 0. The highest BCUT2D eigenvalue weighted by molar-refractivity contribution is 6.19. The Balaban J connectivity index is 3.03. The van der Waals surface area contributed by atoms with Crippen LogP contribution in [-0.4, -0.2) is 0 Å². The van der Waals surface area contributed by atoms with Crippen LogP contribution in [0.4, 0.5) is 0 Å². The average Bonchev–Trinajstić information content (AvgIpc) is 1.88. The Labute approximate surface area is 65.3 Å². The molecule has 0 amide bonds. The van der Waals surface area contributed by atoms with E-state index in [1.165, 1.54) is 0 Å². The normalized spacial score (nSPS) is 13.1. The number of alkyl halides is 1. The summed E-state index contributed by atoms with van der Waals surface area (Å²) >= 11 is 5.35. The molecule has 1 radical (unpaired) electrons. The van der Waals surface area contributed by atoms with Crippen molar-refractivity contribution < 1.29 is 5.11 Å². The van der Waals surface area contributed by atoms with Crippen molar-refractivity contribution in [3.05, 3.63) is 35.4 Å². The second-order valence-corrected chi connectivity index (χ2v) is 2.57. The SMILES string of the molecule is Cc1ccccc1C([O])Cl. The molecule has 0 aromatic heterocycles. The van der Waals surface area contributed by atoms with Crippen LogP contribution in [0.2, 0.25) is 0 Å². The fourth-order valence-corrected chi connectivity index (χ4v) is 1.09. The van der Waals surface area contributed by atoms with Crippen LogP contribution in [-0.2, 0) is 5.11 Å². The highest BCUT2D eigenvalue weighted by Crippen LogP contribution is 2.20. The summed E-state index contributed by atoms with van der Waals surface area (Å²) in [6.07, 6.45) is 0. The van der Waals surface area contributed by atoms with E-state index in [0.717, 1.165) is 5.56 Å². The third-order valence-corrected chi connectivity index (χ3v) is 1.67. The van der Waals surface area contributed by atoms with E-state index in [9.17, 15) is 5.11 Å². The third kappa shape index (κ3) is 1.49. The molecule has 1 aromatic carbocycles. The predicted octanol–water partition coefficient (Wildman–Crippen LogP) is 2.66. The molecule has 0 bridgehead atoms. The van der Waals surface area contributed by atoms with Crippen LogP contribution in [0.15, 0.2) is 24.3 Å². The molecule has 1 rings (SSSR count). The van der Waals surface area contributed by atoms with Gasteiger partial charge in [-0.25, -0.2) is 5.11 Å². The van der Waals surface area contributed by atoms with E-state index in [-0.39, 0.29) is 0 Å². The van der Waals surface area contributed by atoms with Gasteiger partial charge in [0.1, 0.15) is 0 Å². The van der Waals surface area contributed by atoms with E-state index in [1.807, 2.05) is 25.1 Å². The molecule has 2 heteroatoms. The zero-order valence-electron chi connectivity index (χ0n) is 5.67. The Morgan fingerprint density at radius 1 is 1.40 bits per heavy atom.